The van der Waals surface area contributed by atoms with Crippen molar-refractivity contribution < 1.29 is 14.6 Å². The third-order valence-electron chi connectivity index (χ3n) is 5.93. The van der Waals surface area contributed by atoms with Gasteiger partial charge in [0.15, 0.2) is 0 Å². The van der Waals surface area contributed by atoms with Gasteiger partial charge >= 0.3 is 0 Å². The van der Waals surface area contributed by atoms with E-state index in [0.29, 0.717) is 17.7 Å². The number of carbonyl (C=O) groups excluding carboxylic acids is 1. The molecule has 0 fully saturated rings. The first-order valence-corrected chi connectivity index (χ1v) is 11.0. The van der Waals surface area contributed by atoms with Crippen LogP contribution in [0.15, 0.2) is 90.2 Å². The van der Waals surface area contributed by atoms with E-state index < -0.39 is 0 Å². The van der Waals surface area contributed by atoms with Crippen molar-refractivity contribution in [3.05, 3.63) is 96.2 Å². The summed E-state index contributed by atoms with van der Waals surface area (Å²) in [5.74, 6) is 0.716. The van der Waals surface area contributed by atoms with Gasteiger partial charge in [0, 0.05) is 36.2 Å². The third kappa shape index (κ3) is 3.92. The van der Waals surface area contributed by atoms with Crippen LogP contribution in [0.3, 0.4) is 0 Å². The summed E-state index contributed by atoms with van der Waals surface area (Å²) >= 11 is 0. The van der Waals surface area contributed by atoms with Gasteiger partial charge in [0.1, 0.15) is 11.5 Å². The number of carbonyl (C=O) groups is 1. The van der Waals surface area contributed by atoms with Gasteiger partial charge in [0.25, 0.3) is 0 Å². The minimum absolute atomic E-state index is 0.140. The summed E-state index contributed by atoms with van der Waals surface area (Å²) < 4.78 is 7.14. The number of amides is 1. The Bertz CT molecular complexity index is 1360. The van der Waals surface area contributed by atoms with E-state index in [-0.39, 0.29) is 17.7 Å². The van der Waals surface area contributed by atoms with E-state index in [2.05, 4.69) is 5.10 Å². The molecular weight excluding hydrogens is 428 g/mol. The van der Waals surface area contributed by atoms with Crippen LogP contribution in [-0.4, -0.2) is 38.6 Å². The molecule has 1 atom stereocenters. The Labute approximate surface area is 197 Å². The number of methoxy groups -OCH3 is 1. The fourth-order valence-electron chi connectivity index (χ4n) is 4.24. The molecule has 0 radical (unpaired) electrons. The number of rotatable bonds is 5. The number of aromatic nitrogens is 2. The normalized spacial score (nSPS) is 15.3. The maximum Gasteiger partial charge on any atom is 0.240 e. The Morgan fingerprint density at radius 2 is 1.71 bits per heavy atom. The highest BCUT2D eigenvalue weighted by Gasteiger charge is 2.35. The van der Waals surface area contributed by atoms with Gasteiger partial charge in [-0.1, -0.05) is 30.3 Å². The maximum absolute atomic E-state index is 12.6. The zero-order valence-corrected chi connectivity index (χ0v) is 18.9. The number of hydrogen-bond acceptors (Lipinski definition) is 5. The van der Waals surface area contributed by atoms with Gasteiger partial charge in [-0.3, -0.25) is 4.79 Å². The van der Waals surface area contributed by atoms with Crippen LogP contribution in [0.4, 0.5) is 0 Å². The summed E-state index contributed by atoms with van der Waals surface area (Å²) in [6, 6.07) is 24.2. The number of aromatic hydroxyl groups is 1. The average Bonchev–Trinajstić information content (AvgIpc) is 3.50. The Morgan fingerprint density at radius 3 is 2.38 bits per heavy atom. The molecule has 0 unspecified atom stereocenters. The monoisotopic (exact) mass is 452 g/mol. The van der Waals surface area contributed by atoms with Crippen molar-refractivity contribution >= 4 is 11.6 Å². The van der Waals surface area contributed by atoms with E-state index in [1.54, 1.807) is 19.2 Å². The van der Waals surface area contributed by atoms with Crippen molar-refractivity contribution in [3.63, 3.8) is 0 Å². The van der Waals surface area contributed by atoms with E-state index in [1.807, 2.05) is 77.6 Å². The SMILES string of the molecule is COc1ccc(-c2nn(-c3ccccc3)cc2[C@@H]2CC(c3ccccc3O)=NN2C(C)=O)cc1. The number of para-hydroxylation sites is 2. The van der Waals surface area contributed by atoms with Crippen LogP contribution < -0.4 is 4.74 Å². The average molecular weight is 453 g/mol. The zero-order valence-electron chi connectivity index (χ0n) is 18.9. The standard InChI is InChI=1S/C27H24N4O3/c1-18(32)31-25(16-24(28-31)22-10-6-7-11-26(22)33)23-17-30(20-8-4-3-5-9-20)29-27(23)19-12-14-21(34-2)15-13-19/h3-15,17,25,33H,16H2,1-2H3/t25-/m0/s1. The minimum Gasteiger partial charge on any atom is -0.507 e. The fraction of sp³-hybridized carbons (Fsp3) is 0.148. The molecule has 0 bridgehead atoms. The highest BCUT2D eigenvalue weighted by Crippen LogP contribution is 2.39. The van der Waals surface area contributed by atoms with Crippen LogP contribution in [0.1, 0.15) is 30.5 Å². The molecule has 2 heterocycles. The first-order valence-electron chi connectivity index (χ1n) is 11.0. The van der Waals surface area contributed by atoms with Crippen LogP contribution in [0.5, 0.6) is 11.5 Å². The van der Waals surface area contributed by atoms with Crippen molar-refractivity contribution in [2.24, 2.45) is 5.10 Å². The second-order valence-corrected chi connectivity index (χ2v) is 8.09. The van der Waals surface area contributed by atoms with Crippen molar-refractivity contribution in [2.45, 2.75) is 19.4 Å². The second-order valence-electron chi connectivity index (χ2n) is 8.09. The summed E-state index contributed by atoms with van der Waals surface area (Å²) in [6.07, 6.45) is 2.42. The molecule has 1 aliphatic rings. The lowest BCUT2D eigenvalue weighted by atomic mass is 9.96. The molecule has 7 nitrogen and oxygen atoms in total. The third-order valence-corrected chi connectivity index (χ3v) is 5.93. The molecule has 170 valence electrons. The summed E-state index contributed by atoms with van der Waals surface area (Å²) in [7, 11) is 1.63. The Kier molecular flexibility index (Phi) is 5.59. The number of hydrogen-bond donors (Lipinski definition) is 1. The van der Waals surface area contributed by atoms with Crippen molar-refractivity contribution in [1.29, 1.82) is 0 Å². The minimum atomic E-state index is -0.360. The number of benzene rings is 3. The van der Waals surface area contributed by atoms with Crippen molar-refractivity contribution in [1.82, 2.24) is 14.8 Å². The maximum atomic E-state index is 12.6. The van der Waals surface area contributed by atoms with Gasteiger partial charge in [-0.05, 0) is 48.5 Å². The summed E-state index contributed by atoms with van der Waals surface area (Å²) in [5, 5.41) is 21.4. The van der Waals surface area contributed by atoms with Crippen LogP contribution in [0.2, 0.25) is 0 Å². The molecule has 1 N–H and O–H groups in total. The first kappa shape index (κ1) is 21.5. The molecule has 0 saturated heterocycles. The summed E-state index contributed by atoms with van der Waals surface area (Å²) in [6.45, 7) is 1.50. The number of hydrazone groups is 1. The van der Waals surface area contributed by atoms with Gasteiger partial charge in [0.05, 0.1) is 30.2 Å². The van der Waals surface area contributed by atoms with Crippen molar-refractivity contribution in [3.8, 4) is 28.4 Å². The lowest BCUT2D eigenvalue weighted by Gasteiger charge is -2.20. The first-order chi connectivity index (χ1) is 16.5. The number of nitrogens with zero attached hydrogens (tertiary/aromatic N) is 4. The van der Waals surface area contributed by atoms with Crippen LogP contribution in [-0.2, 0) is 4.79 Å². The molecular formula is C27H24N4O3. The molecule has 7 heteroatoms. The van der Waals surface area contributed by atoms with Gasteiger partial charge < -0.3 is 9.84 Å². The fourth-order valence-corrected chi connectivity index (χ4v) is 4.24. The molecule has 0 aliphatic carbocycles. The molecule has 3 aromatic carbocycles. The van der Waals surface area contributed by atoms with E-state index in [9.17, 15) is 9.90 Å². The molecule has 5 rings (SSSR count). The Morgan fingerprint density at radius 1 is 1.00 bits per heavy atom. The predicted molar refractivity (Wildman–Crippen MR) is 130 cm³/mol. The van der Waals surface area contributed by atoms with Crippen LogP contribution in [0, 0.1) is 0 Å². The van der Waals surface area contributed by atoms with Gasteiger partial charge in [-0.2, -0.15) is 10.2 Å². The lowest BCUT2D eigenvalue weighted by molar-refractivity contribution is -0.130. The van der Waals surface area contributed by atoms with E-state index in [0.717, 1.165) is 28.3 Å². The molecule has 0 spiro atoms. The zero-order chi connectivity index (χ0) is 23.7. The van der Waals surface area contributed by atoms with Gasteiger partial charge in [-0.15, -0.1) is 0 Å². The van der Waals surface area contributed by atoms with Gasteiger partial charge in [0.2, 0.25) is 5.91 Å². The second kappa shape index (κ2) is 8.86. The van der Waals surface area contributed by atoms with E-state index in [1.165, 1.54) is 11.9 Å². The van der Waals surface area contributed by atoms with Gasteiger partial charge in [-0.25, -0.2) is 9.69 Å². The quantitative estimate of drug-likeness (QED) is 0.465. The topological polar surface area (TPSA) is 80.0 Å². The number of phenolic OH excluding ortho intramolecular Hbond substituents is 1. The highest BCUT2D eigenvalue weighted by molar-refractivity contribution is 6.05. The summed E-state index contributed by atoms with van der Waals surface area (Å²) in [5.41, 5.74) is 4.74. The summed E-state index contributed by atoms with van der Waals surface area (Å²) in [4.78, 5) is 12.6. The smallest absolute Gasteiger partial charge is 0.240 e. The molecule has 1 aromatic heterocycles. The molecule has 1 aliphatic heterocycles. The predicted octanol–water partition coefficient (Wildman–Crippen LogP) is 4.95. The van der Waals surface area contributed by atoms with Crippen LogP contribution >= 0.6 is 0 Å². The van der Waals surface area contributed by atoms with E-state index >= 15 is 0 Å². The Balaban J connectivity index is 1.62. The highest BCUT2D eigenvalue weighted by atomic mass is 16.5. The number of phenols is 1. The lowest BCUT2D eigenvalue weighted by Crippen LogP contribution is -2.24. The Hall–Kier alpha value is -4.39. The largest absolute Gasteiger partial charge is 0.507 e. The molecule has 1 amide bonds. The molecule has 4 aromatic rings. The molecule has 0 saturated carbocycles. The van der Waals surface area contributed by atoms with Crippen molar-refractivity contribution in [2.75, 3.05) is 7.11 Å². The molecule has 34 heavy (non-hydrogen) atoms. The van der Waals surface area contributed by atoms with Crippen LogP contribution in [0.25, 0.3) is 16.9 Å². The number of ether oxygens (including phenoxy) is 1. The van der Waals surface area contributed by atoms with E-state index in [4.69, 9.17) is 9.84 Å².